The minimum atomic E-state index is -0.818. The maximum Gasteiger partial charge on any atom is 0.356 e. The zero-order valence-electron chi connectivity index (χ0n) is 20.1. The number of hydrogen-bond acceptors (Lipinski definition) is 7. The van der Waals surface area contributed by atoms with Crippen molar-refractivity contribution in [3.05, 3.63) is 18.0 Å². The van der Waals surface area contributed by atoms with Crippen LogP contribution in [0.1, 0.15) is 57.9 Å². The number of carbonyl (C=O) groups is 2. The van der Waals surface area contributed by atoms with Gasteiger partial charge in [-0.25, -0.2) is 9.78 Å². The first kappa shape index (κ1) is 25.6. The van der Waals surface area contributed by atoms with Crippen LogP contribution in [0.2, 0.25) is 0 Å². The molecule has 32 heavy (non-hydrogen) atoms. The predicted octanol–water partition coefficient (Wildman–Crippen LogP) is 3.42. The molecule has 1 atom stereocenters. The summed E-state index contributed by atoms with van der Waals surface area (Å²) in [7, 11) is 2.88. The molecule has 2 aromatic rings. The molecule has 0 spiro atoms. The topological polar surface area (TPSA) is 115 Å². The van der Waals surface area contributed by atoms with Crippen molar-refractivity contribution < 1.29 is 24.2 Å². The number of carbonyl (C=O) groups excluding carboxylic acids is 2. The summed E-state index contributed by atoms with van der Waals surface area (Å²) in [5, 5.41) is 17.0. The van der Waals surface area contributed by atoms with Crippen LogP contribution in [0.4, 0.5) is 11.4 Å². The number of rotatable bonds is 11. The van der Waals surface area contributed by atoms with E-state index in [9.17, 15) is 14.7 Å². The maximum atomic E-state index is 12.7. The number of nitrogens with zero attached hydrogens (tertiary/aromatic N) is 2. The van der Waals surface area contributed by atoms with Gasteiger partial charge in [0.2, 0.25) is 5.91 Å². The summed E-state index contributed by atoms with van der Waals surface area (Å²) >= 11 is 0. The molecule has 0 aromatic carbocycles. The second-order valence-electron chi connectivity index (χ2n) is 9.16. The number of aliphatic hydroxyl groups is 1. The highest BCUT2D eigenvalue weighted by atomic mass is 16.5. The number of ether oxygens (including phenoxy) is 2. The molecule has 178 valence electrons. The summed E-state index contributed by atoms with van der Waals surface area (Å²) in [5.74, 6) is -0.593. The van der Waals surface area contributed by atoms with Crippen molar-refractivity contribution in [2.24, 2.45) is 5.92 Å². The maximum absolute atomic E-state index is 12.7. The van der Waals surface area contributed by atoms with Crippen LogP contribution >= 0.6 is 0 Å². The fraction of sp³-hybridized carbons (Fsp3) is 0.609. The van der Waals surface area contributed by atoms with Crippen LogP contribution in [-0.4, -0.2) is 59.0 Å². The van der Waals surface area contributed by atoms with Crippen molar-refractivity contribution in [2.75, 3.05) is 31.5 Å². The number of fused-ring (bicyclic) bond motifs is 1. The van der Waals surface area contributed by atoms with Gasteiger partial charge in [0.15, 0.2) is 5.69 Å². The number of esters is 1. The fourth-order valence-electron chi connectivity index (χ4n) is 3.79. The Hall–Kier alpha value is -2.65. The molecule has 0 unspecified atom stereocenters. The molecule has 0 fully saturated rings. The third-order valence-electron chi connectivity index (χ3n) is 4.87. The fourth-order valence-corrected chi connectivity index (χ4v) is 3.79. The number of anilines is 2. The van der Waals surface area contributed by atoms with Gasteiger partial charge in [-0.1, -0.05) is 13.8 Å². The van der Waals surface area contributed by atoms with Crippen molar-refractivity contribution in [1.29, 1.82) is 0 Å². The highest BCUT2D eigenvalue weighted by molar-refractivity contribution is 6.11. The molecule has 0 aliphatic carbocycles. The molecule has 0 aliphatic rings. The minimum Gasteiger partial charge on any atom is -0.464 e. The van der Waals surface area contributed by atoms with E-state index in [1.54, 1.807) is 31.7 Å². The second kappa shape index (κ2) is 10.8. The molecule has 0 aliphatic heterocycles. The van der Waals surface area contributed by atoms with Gasteiger partial charge in [-0.2, -0.15) is 0 Å². The predicted molar refractivity (Wildman–Crippen MR) is 125 cm³/mol. The summed E-state index contributed by atoms with van der Waals surface area (Å²) in [6.45, 7) is 10.1. The van der Waals surface area contributed by atoms with E-state index < -0.39 is 11.6 Å². The molecule has 9 heteroatoms. The third-order valence-corrected chi connectivity index (χ3v) is 4.87. The highest BCUT2D eigenvalue weighted by Gasteiger charge is 2.26. The van der Waals surface area contributed by atoms with Gasteiger partial charge in [-0.3, -0.25) is 4.79 Å². The average Bonchev–Trinajstić information content (AvgIpc) is 2.96. The largest absolute Gasteiger partial charge is 0.464 e. The van der Waals surface area contributed by atoms with Crippen molar-refractivity contribution in [3.8, 4) is 0 Å². The Morgan fingerprint density at radius 2 is 1.94 bits per heavy atom. The van der Waals surface area contributed by atoms with E-state index in [1.165, 1.54) is 7.11 Å². The Bertz CT molecular complexity index is 946. The molecule has 3 N–H and O–H groups in total. The Balaban J connectivity index is 2.58. The van der Waals surface area contributed by atoms with E-state index in [0.717, 1.165) is 0 Å². The zero-order chi connectivity index (χ0) is 24.1. The Morgan fingerprint density at radius 3 is 2.50 bits per heavy atom. The highest BCUT2D eigenvalue weighted by Crippen LogP contribution is 2.33. The van der Waals surface area contributed by atoms with E-state index in [0.29, 0.717) is 48.4 Å². The van der Waals surface area contributed by atoms with Crippen LogP contribution in [0.15, 0.2) is 12.3 Å². The normalized spacial score (nSPS) is 12.8. The number of nitrogens with one attached hydrogen (secondary N) is 2. The van der Waals surface area contributed by atoms with Crippen LogP contribution in [-0.2, 0) is 20.8 Å². The summed E-state index contributed by atoms with van der Waals surface area (Å²) in [6, 6.07) is 1.83. The Morgan fingerprint density at radius 1 is 1.25 bits per heavy atom. The van der Waals surface area contributed by atoms with Crippen molar-refractivity contribution in [2.45, 2.75) is 65.6 Å². The first-order chi connectivity index (χ1) is 15.0. The van der Waals surface area contributed by atoms with Crippen LogP contribution in [0.5, 0.6) is 0 Å². The SMILES string of the molecule is COCCn1c(C(=O)OC)c(NC(=O)CC(C)C)c2cc(N[C@H](C)CC(C)(C)O)cnc21. The standard InChI is InChI=1S/C23H36N4O5/c1-14(2)10-18(28)26-19-17-11-16(25-15(3)12-23(4,5)30)13-24-21(17)27(8-9-31-6)20(19)22(29)32-7/h11,13-15,25,30H,8-10,12H2,1-7H3,(H,26,28)/t15-/m1/s1. The van der Waals surface area contributed by atoms with E-state index in [2.05, 4.69) is 15.6 Å². The lowest BCUT2D eigenvalue weighted by molar-refractivity contribution is -0.116. The number of pyridine rings is 1. The van der Waals surface area contributed by atoms with Crippen LogP contribution < -0.4 is 10.6 Å². The van der Waals surface area contributed by atoms with E-state index in [1.807, 2.05) is 26.8 Å². The van der Waals surface area contributed by atoms with E-state index in [-0.39, 0.29) is 23.6 Å². The van der Waals surface area contributed by atoms with Gasteiger partial charge in [0.05, 0.1) is 36.9 Å². The molecule has 2 aromatic heterocycles. The van der Waals surface area contributed by atoms with Crippen LogP contribution in [0.3, 0.4) is 0 Å². The third kappa shape index (κ3) is 6.67. The van der Waals surface area contributed by atoms with Crippen molar-refractivity contribution >= 4 is 34.3 Å². The molecule has 0 saturated heterocycles. The quantitative estimate of drug-likeness (QED) is 0.451. The average molecular weight is 449 g/mol. The van der Waals surface area contributed by atoms with Gasteiger partial charge in [-0.15, -0.1) is 0 Å². The lowest BCUT2D eigenvalue weighted by atomic mass is 10.0. The van der Waals surface area contributed by atoms with E-state index >= 15 is 0 Å². The Kier molecular flexibility index (Phi) is 8.63. The number of methoxy groups -OCH3 is 2. The van der Waals surface area contributed by atoms with Crippen molar-refractivity contribution in [3.63, 3.8) is 0 Å². The Labute approximate surface area is 189 Å². The summed E-state index contributed by atoms with van der Waals surface area (Å²) in [4.78, 5) is 29.9. The summed E-state index contributed by atoms with van der Waals surface area (Å²) < 4.78 is 11.9. The monoisotopic (exact) mass is 448 g/mol. The molecule has 2 rings (SSSR count). The van der Waals surface area contributed by atoms with Crippen LogP contribution in [0.25, 0.3) is 11.0 Å². The van der Waals surface area contributed by atoms with Gasteiger partial charge >= 0.3 is 5.97 Å². The van der Waals surface area contributed by atoms with Gasteiger partial charge in [-0.05, 0) is 39.2 Å². The first-order valence-electron chi connectivity index (χ1n) is 10.8. The smallest absolute Gasteiger partial charge is 0.356 e. The van der Waals surface area contributed by atoms with Gasteiger partial charge in [0, 0.05) is 31.5 Å². The lowest BCUT2D eigenvalue weighted by Crippen LogP contribution is -2.29. The molecular weight excluding hydrogens is 412 g/mol. The zero-order valence-corrected chi connectivity index (χ0v) is 20.1. The summed E-state index contributed by atoms with van der Waals surface area (Å²) in [5.41, 5.74) is 1.05. The van der Waals surface area contributed by atoms with E-state index in [4.69, 9.17) is 9.47 Å². The number of amides is 1. The number of aromatic nitrogens is 2. The number of hydrogen-bond donors (Lipinski definition) is 3. The second-order valence-corrected chi connectivity index (χ2v) is 9.16. The van der Waals surface area contributed by atoms with Gasteiger partial charge < -0.3 is 29.8 Å². The van der Waals surface area contributed by atoms with Crippen molar-refractivity contribution in [1.82, 2.24) is 9.55 Å². The first-order valence-corrected chi connectivity index (χ1v) is 10.8. The molecular formula is C23H36N4O5. The van der Waals surface area contributed by atoms with Gasteiger partial charge in [0.25, 0.3) is 0 Å². The molecule has 1 amide bonds. The molecule has 2 heterocycles. The van der Waals surface area contributed by atoms with Gasteiger partial charge in [0.1, 0.15) is 5.65 Å². The molecule has 0 radical (unpaired) electrons. The molecule has 9 nitrogen and oxygen atoms in total. The van der Waals surface area contributed by atoms with Crippen LogP contribution in [0, 0.1) is 5.92 Å². The molecule has 0 bridgehead atoms. The minimum absolute atomic E-state index is 0.0242. The lowest BCUT2D eigenvalue weighted by Gasteiger charge is -2.23. The molecule has 0 saturated carbocycles. The summed E-state index contributed by atoms with van der Waals surface area (Å²) in [6.07, 6.45) is 2.53.